The molecule has 3 aromatic rings. The Bertz CT molecular complexity index is 860. The van der Waals surface area contributed by atoms with Crippen LogP contribution in [0.4, 0.5) is 0 Å². The van der Waals surface area contributed by atoms with E-state index < -0.39 is 0 Å². The van der Waals surface area contributed by atoms with Crippen LogP contribution in [0.1, 0.15) is 23.3 Å². The molecule has 0 atom stereocenters. The molecule has 6 heteroatoms. The van der Waals surface area contributed by atoms with Crippen molar-refractivity contribution in [1.29, 1.82) is 0 Å². The Balaban J connectivity index is 1.77. The van der Waals surface area contributed by atoms with E-state index in [0.717, 1.165) is 30.6 Å². The van der Waals surface area contributed by atoms with Gasteiger partial charge in [0.05, 0.1) is 18.5 Å². The summed E-state index contributed by atoms with van der Waals surface area (Å²) in [5.41, 5.74) is 2.18. The highest BCUT2D eigenvalue weighted by Gasteiger charge is 2.33. The summed E-state index contributed by atoms with van der Waals surface area (Å²) >= 11 is 0. The second-order valence-electron chi connectivity index (χ2n) is 5.87. The number of carbonyl (C=O) groups is 1. The number of fused-ring (bicyclic) bond motifs is 1. The Labute approximate surface area is 133 Å². The number of ether oxygens (including phenoxy) is 1. The SMILES string of the molecule is COCCn1cnc(-c2nc(C(=O)C3CC3)c3ccccn23)c1. The summed E-state index contributed by atoms with van der Waals surface area (Å²) in [4.78, 5) is 21.6. The van der Waals surface area contributed by atoms with Crippen molar-refractivity contribution >= 4 is 11.3 Å². The molecule has 0 aromatic carbocycles. The molecule has 3 aromatic heterocycles. The fourth-order valence-corrected chi connectivity index (χ4v) is 2.73. The van der Waals surface area contributed by atoms with Crippen LogP contribution in [0, 0.1) is 5.92 Å². The van der Waals surface area contributed by atoms with Crippen molar-refractivity contribution in [3.8, 4) is 11.5 Å². The quantitative estimate of drug-likeness (QED) is 0.656. The van der Waals surface area contributed by atoms with Crippen molar-refractivity contribution < 1.29 is 9.53 Å². The number of ketones is 1. The average molecular weight is 310 g/mol. The minimum Gasteiger partial charge on any atom is -0.383 e. The summed E-state index contributed by atoms with van der Waals surface area (Å²) in [6, 6.07) is 5.81. The summed E-state index contributed by atoms with van der Waals surface area (Å²) in [7, 11) is 1.68. The maximum atomic E-state index is 12.5. The Morgan fingerprint density at radius 3 is 3.04 bits per heavy atom. The van der Waals surface area contributed by atoms with Crippen LogP contribution < -0.4 is 0 Å². The van der Waals surface area contributed by atoms with Crippen LogP contribution in [0.25, 0.3) is 17.0 Å². The van der Waals surface area contributed by atoms with Crippen molar-refractivity contribution in [1.82, 2.24) is 18.9 Å². The molecule has 4 rings (SSSR count). The highest BCUT2D eigenvalue weighted by atomic mass is 16.5. The number of imidazole rings is 2. The molecule has 23 heavy (non-hydrogen) atoms. The maximum absolute atomic E-state index is 12.5. The minimum atomic E-state index is 0.152. The fourth-order valence-electron chi connectivity index (χ4n) is 2.73. The molecule has 0 radical (unpaired) electrons. The zero-order chi connectivity index (χ0) is 15.8. The molecule has 1 aliphatic rings. The van der Waals surface area contributed by atoms with E-state index in [-0.39, 0.29) is 11.7 Å². The van der Waals surface area contributed by atoms with E-state index in [1.54, 1.807) is 13.4 Å². The Morgan fingerprint density at radius 1 is 1.39 bits per heavy atom. The number of rotatable bonds is 6. The highest BCUT2D eigenvalue weighted by Crippen LogP contribution is 2.34. The Kier molecular flexibility index (Phi) is 3.46. The average Bonchev–Trinajstić information content (AvgIpc) is 3.21. The van der Waals surface area contributed by atoms with Crippen LogP contribution in [-0.4, -0.2) is 38.4 Å². The number of hydrogen-bond acceptors (Lipinski definition) is 4. The molecule has 1 saturated carbocycles. The molecule has 0 aliphatic heterocycles. The van der Waals surface area contributed by atoms with Crippen molar-refractivity contribution in [2.45, 2.75) is 19.4 Å². The van der Waals surface area contributed by atoms with Crippen LogP contribution in [-0.2, 0) is 11.3 Å². The summed E-state index contributed by atoms with van der Waals surface area (Å²) < 4.78 is 8.99. The summed E-state index contributed by atoms with van der Waals surface area (Å²) in [5, 5.41) is 0. The van der Waals surface area contributed by atoms with Gasteiger partial charge in [-0.2, -0.15) is 0 Å². The zero-order valence-corrected chi connectivity index (χ0v) is 13.0. The first kappa shape index (κ1) is 14.1. The topological polar surface area (TPSA) is 61.4 Å². The molecule has 0 bridgehead atoms. The van der Waals surface area contributed by atoms with Crippen molar-refractivity contribution in [3.05, 3.63) is 42.6 Å². The summed E-state index contributed by atoms with van der Waals surface area (Å²) in [5.74, 6) is 1.01. The van der Waals surface area contributed by atoms with Gasteiger partial charge in [0.25, 0.3) is 0 Å². The van der Waals surface area contributed by atoms with E-state index in [9.17, 15) is 4.79 Å². The van der Waals surface area contributed by atoms with E-state index in [2.05, 4.69) is 9.97 Å². The van der Waals surface area contributed by atoms with E-state index in [1.165, 1.54) is 0 Å². The van der Waals surface area contributed by atoms with Gasteiger partial charge in [-0.1, -0.05) is 6.07 Å². The molecule has 6 nitrogen and oxygen atoms in total. The lowest BCUT2D eigenvalue weighted by Gasteiger charge is -1.99. The number of aromatic nitrogens is 4. The lowest BCUT2D eigenvalue weighted by atomic mass is 10.2. The van der Waals surface area contributed by atoms with E-state index in [0.29, 0.717) is 18.1 Å². The molecule has 1 fully saturated rings. The Morgan fingerprint density at radius 2 is 2.26 bits per heavy atom. The number of nitrogens with zero attached hydrogens (tertiary/aromatic N) is 4. The predicted octanol–water partition coefficient (Wildman–Crippen LogP) is 2.44. The number of methoxy groups -OCH3 is 1. The highest BCUT2D eigenvalue weighted by molar-refractivity contribution is 6.04. The molecule has 118 valence electrons. The van der Waals surface area contributed by atoms with Gasteiger partial charge in [0, 0.05) is 32.0 Å². The van der Waals surface area contributed by atoms with Crippen LogP contribution in [0.3, 0.4) is 0 Å². The van der Waals surface area contributed by atoms with E-state index in [4.69, 9.17) is 4.74 Å². The van der Waals surface area contributed by atoms with Crippen LogP contribution in [0.5, 0.6) is 0 Å². The first-order chi connectivity index (χ1) is 11.3. The predicted molar refractivity (Wildman–Crippen MR) is 85.3 cm³/mol. The molecule has 0 N–H and O–H groups in total. The fraction of sp³-hybridized carbons (Fsp3) is 0.353. The molecule has 0 saturated heterocycles. The van der Waals surface area contributed by atoms with Gasteiger partial charge in [0.2, 0.25) is 0 Å². The number of hydrogen-bond donors (Lipinski definition) is 0. The number of carbonyl (C=O) groups excluding carboxylic acids is 1. The van der Waals surface area contributed by atoms with Crippen molar-refractivity contribution in [2.75, 3.05) is 13.7 Å². The van der Waals surface area contributed by atoms with Gasteiger partial charge < -0.3 is 9.30 Å². The zero-order valence-electron chi connectivity index (χ0n) is 13.0. The molecule has 3 heterocycles. The van der Waals surface area contributed by atoms with Gasteiger partial charge in [-0.15, -0.1) is 0 Å². The third-order valence-electron chi connectivity index (χ3n) is 4.15. The normalized spacial score (nSPS) is 14.5. The van der Waals surface area contributed by atoms with Gasteiger partial charge in [-0.25, -0.2) is 9.97 Å². The molecule has 1 aliphatic carbocycles. The van der Waals surface area contributed by atoms with Gasteiger partial charge in [0.15, 0.2) is 11.6 Å². The summed E-state index contributed by atoms with van der Waals surface area (Å²) in [6.45, 7) is 1.37. The first-order valence-electron chi connectivity index (χ1n) is 7.80. The second kappa shape index (κ2) is 5.62. The van der Waals surface area contributed by atoms with Gasteiger partial charge in [0.1, 0.15) is 11.4 Å². The van der Waals surface area contributed by atoms with E-state index in [1.807, 2.05) is 39.6 Å². The van der Waals surface area contributed by atoms with Crippen LogP contribution >= 0.6 is 0 Å². The van der Waals surface area contributed by atoms with Crippen LogP contribution in [0.15, 0.2) is 36.9 Å². The smallest absolute Gasteiger partial charge is 0.186 e. The standard InChI is InChI=1S/C17H18N4O2/c1-23-9-8-20-10-13(18-11-20)17-19-15(16(22)12-5-6-12)14-4-2-3-7-21(14)17/h2-4,7,10-12H,5-6,8-9H2,1H3. The van der Waals surface area contributed by atoms with Crippen molar-refractivity contribution in [3.63, 3.8) is 0 Å². The largest absolute Gasteiger partial charge is 0.383 e. The second-order valence-corrected chi connectivity index (χ2v) is 5.87. The molecule has 0 spiro atoms. The van der Waals surface area contributed by atoms with Gasteiger partial charge in [-0.05, 0) is 25.0 Å². The summed E-state index contributed by atoms with van der Waals surface area (Å²) in [6.07, 6.45) is 7.58. The molecule has 0 amide bonds. The van der Waals surface area contributed by atoms with Gasteiger partial charge >= 0.3 is 0 Å². The lowest BCUT2D eigenvalue weighted by Crippen LogP contribution is -2.02. The third-order valence-corrected chi connectivity index (χ3v) is 4.15. The molecular weight excluding hydrogens is 292 g/mol. The minimum absolute atomic E-state index is 0.152. The lowest BCUT2D eigenvalue weighted by molar-refractivity contribution is 0.0965. The Hall–Kier alpha value is -2.47. The molecule has 0 unspecified atom stereocenters. The van der Waals surface area contributed by atoms with Gasteiger partial charge in [-0.3, -0.25) is 9.20 Å². The maximum Gasteiger partial charge on any atom is 0.186 e. The molecular formula is C17H18N4O2. The third kappa shape index (κ3) is 2.55. The number of Topliss-reactive ketones (excluding diaryl/α,β-unsaturated/α-hetero) is 1. The van der Waals surface area contributed by atoms with Crippen LogP contribution in [0.2, 0.25) is 0 Å². The van der Waals surface area contributed by atoms with E-state index >= 15 is 0 Å². The first-order valence-corrected chi connectivity index (χ1v) is 7.80. The van der Waals surface area contributed by atoms with Crippen molar-refractivity contribution in [2.24, 2.45) is 5.92 Å². The number of pyridine rings is 1. The monoisotopic (exact) mass is 310 g/mol.